The van der Waals surface area contributed by atoms with Gasteiger partial charge < -0.3 is 10.0 Å². The van der Waals surface area contributed by atoms with E-state index in [9.17, 15) is 4.79 Å². The van der Waals surface area contributed by atoms with Crippen LogP contribution >= 0.6 is 12.6 Å². The van der Waals surface area contributed by atoms with Crippen molar-refractivity contribution in [3.63, 3.8) is 0 Å². The molecule has 0 amide bonds. The molecule has 3 nitrogen and oxygen atoms in total. The summed E-state index contributed by atoms with van der Waals surface area (Å²) < 4.78 is 0. The van der Waals surface area contributed by atoms with Gasteiger partial charge in [-0.3, -0.25) is 4.79 Å². The molecular formula is C11H15NO2S. The second-order valence-corrected chi connectivity index (χ2v) is 4.24. The summed E-state index contributed by atoms with van der Waals surface area (Å²) in [7, 11) is 3.93. The summed E-state index contributed by atoms with van der Waals surface area (Å²) in [5.74, 6) is -0.880. The van der Waals surface area contributed by atoms with Gasteiger partial charge in [0.05, 0.1) is 0 Å². The highest BCUT2D eigenvalue weighted by Gasteiger charge is 2.12. The molecular weight excluding hydrogens is 210 g/mol. The molecule has 1 unspecified atom stereocenters. The maximum Gasteiger partial charge on any atom is 0.316 e. The zero-order valence-corrected chi connectivity index (χ0v) is 9.74. The summed E-state index contributed by atoms with van der Waals surface area (Å²) in [6.45, 7) is 0. The third kappa shape index (κ3) is 3.47. The SMILES string of the molecule is CN(C)c1ccc(CC(S)C(=O)O)cc1. The topological polar surface area (TPSA) is 40.5 Å². The summed E-state index contributed by atoms with van der Waals surface area (Å²) in [5, 5.41) is 8.07. The fourth-order valence-electron chi connectivity index (χ4n) is 1.24. The molecule has 4 heteroatoms. The van der Waals surface area contributed by atoms with Gasteiger partial charge in [0.1, 0.15) is 5.25 Å². The van der Waals surface area contributed by atoms with Gasteiger partial charge in [-0.25, -0.2) is 0 Å². The van der Waals surface area contributed by atoms with Gasteiger partial charge in [-0.2, -0.15) is 12.6 Å². The molecule has 0 saturated carbocycles. The van der Waals surface area contributed by atoms with Crippen LogP contribution in [0.3, 0.4) is 0 Å². The molecule has 0 aliphatic carbocycles. The third-order valence-electron chi connectivity index (χ3n) is 2.17. The number of hydrogen-bond donors (Lipinski definition) is 2. The zero-order valence-electron chi connectivity index (χ0n) is 8.84. The summed E-state index contributed by atoms with van der Waals surface area (Å²) in [6.07, 6.45) is 0.451. The van der Waals surface area contributed by atoms with Gasteiger partial charge in [0.2, 0.25) is 0 Å². The Kier molecular flexibility index (Phi) is 4.03. The van der Waals surface area contributed by atoms with Crippen LogP contribution < -0.4 is 4.90 Å². The molecule has 82 valence electrons. The molecule has 0 aliphatic heterocycles. The Morgan fingerprint density at radius 1 is 1.40 bits per heavy atom. The van der Waals surface area contributed by atoms with Gasteiger partial charge in [-0.15, -0.1) is 0 Å². The zero-order chi connectivity index (χ0) is 11.4. The second-order valence-electron chi connectivity index (χ2n) is 3.62. The number of aliphatic carboxylic acids is 1. The van der Waals surface area contributed by atoms with E-state index in [1.54, 1.807) is 0 Å². The van der Waals surface area contributed by atoms with E-state index in [-0.39, 0.29) is 0 Å². The van der Waals surface area contributed by atoms with E-state index >= 15 is 0 Å². The van der Waals surface area contributed by atoms with Crippen molar-refractivity contribution >= 4 is 24.3 Å². The van der Waals surface area contributed by atoms with E-state index in [0.29, 0.717) is 6.42 Å². The van der Waals surface area contributed by atoms with Crippen molar-refractivity contribution in [1.82, 2.24) is 0 Å². The fourth-order valence-corrected chi connectivity index (χ4v) is 1.45. The van der Waals surface area contributed by atoms with E-state index in [1.807, 2.05) is 43.3 Å². The van der Waals surface area contributed by atoms with Crippen LogP contribution in [-0.2, 0) is 11.2 Å². The minimum absolute atomic E-state index is 0.451. The Bertz CT molecular complexity index is 335. The lowest BCUT2D eigenvalue weighted by molar-refractivity contribution is -0.136. The molecule has 0 spiro atoms. The Morgan fingerprint density at radius 3 is 2.33 bits per heavy atom. The number of benzene rings is 1. The van der Waals surface area contributed by atoms with E-state index in [4.69, 9.17) is 5.11 Å². The molecule has 0 radical (unpaired) electrons. The van der Waals surface area contributed by atoms with Crippen molar-refractivity contribution in [1.29, 1.82) is 0 Å². The maximum atomic E-state index is 10.6. The van der Waals surface area contributed by atoms with Crippen LogP contribution in [0.4, 0.5) is 5.69 Å². The van der Waals surface area contributed by atoms with Crippen LogP contribution in [0.1, 0.15) is 5.56 Å². The van der Waals surface area contributed by atoms with Crippen LogP contribution in [-0.4, -0.2) is 30.4 Å². The number of nitrogens with zero attached hydrogens (tertiary/aromatic N) is 1. The summed E-state index contributed by atoms with van der Waals surface area (Å²) >= 11 is 3.99. The van der Waals surface area contributed by atoms with E-state index in [2.05, 4.69) is 12.6 Å². The van der Waals surface area contributed by atoms with Crippen molar-refractivity contribution < 1.29 is 9.90 Å². The molecule has 1 aromatic rings. The molecule has 0 heterocycles. The Morgan fingerprint density at radius 2 is 1.93 bits per heavy atom. The molecule has 0 fully saturated rings. The van der Waals surface area contributed by atoms with Gasteiger partial charge >= 0.3 is 5.97 Å². The fraction of sp³-hybridized carbons (Fsp3) is 0.364. The average Bonchev–Trinajstić information content (AvgIpc) is 2.18. The first-order valence-corrected chi connectivity index (χ1v) is 5.19. The first-order valence-electron chi connectivity index (χ1n) is 4.68. The maximum absolute atomic E-state index is 10.6. The van der Waals surface area contributed by atoms with Crippen molar-refractivity contribution in [3.8, 4) is 0 Å². The molecule has 1 atom stereocenters. The highest BCUT2D eigenvalue weighted by Crippen LogP contribution is 2.14. The lowest BCUT2D eigenvalue weighted by atomic mass is 10.1. The normalized spacial score (nSPS) is 12.2. The predicted molar refractivity (Wildman–Crippen MR) is 64.9 cm³/mol. The minimum Gasteiger partial charge on any atom is -0.480 e. The van der Waals surface area contributed by atoms with Crippen LogP contribution in [0.25, 0.3) is 0 Å². The first-order chi connectivity index (χ1) is 7.00. The molecule has 0 aromatic heterocycles. The van der Waals surface area contributed by atoms with Crippen molar-refractivity contribution in [3.05, 3.63) is 29.8 Å². The summed E-state index contributed by atoms with van der Waals surface area (Å²) in [5.41, 5.74) is 2.09. The number of carboxylic acid groups (broad SMARTS) is 1. The molecule has 0 aliphatic rings. The van der Waals surface area contributed by atoms with E-state index in [1.165, 1.54) is 0 Å². The molecule has 1 aromatic carbocycles. The number of anilines is 1. The average molecular weight is 225 g/mol. The van der Waals surface area contributed by atoms with Crippen LogP contribution in [0.2, 0.25) is 0 Å². The number of rotatable bonds is 4. The van der Waals surface area contributed by atoms with Gasteiger partial charge in [0.25, 0.3) is 0 Å². The highest BCUT2D eigenvalue weighted by atomic mass is 32.1. The molecule has 1 rings (SSSR count). The Hall–Kier alpha value is -1.16. The summed E-state index contributed by atoms with van der Waals surface area (Å²) in [6, 6.07) is 7.80. The van der Waals surface area contributed by atoms with Gasteiger partial charge in [-0.05, 0) is 24.1 Å². The van der Waals surface area contributed by atoms with Crippen molar-refractivity contribution in [2.45, 2.75) is 11.7 Å². The number of thiol groups is 1. The molecule has 1 N–H and O–H groups in total. The van der Waals surface area contributed by atoms with Crippen molar-refractivity contribution in [2.75, 3.05) is 19.0 Å². The largest absolute Gasteiger partial charge is 0.480 e. The van der Waals surface area contributed by atoms with Crippen LogP contribution in [0.15, 0.2) is 24.3 Å². The van der Waals surface area contributed by atoms with Crippen LogP contribution in [0, 0.1) is 0 Å². The Labute approximate surface area is 95.1 Å². The van der Waals surface area contributed by atoms with Gasteiger partial charge in [0, 0.05) is 19.8 Å². The first kappa shape index (κ1) is 11.9. The lowest BCUT2D eigenvalue weighted by Gasteiger charge is -2.13. The smallest absolute Gasteiger partial charge is 0.316 e. The lowest BCUT2D eigenvalue weighted by Crippen LogP contribution is -2.16. The van der Waals surface area contributed by atoms with E-state index < -0.39 is 11.2 Å². The number of carboxylic acids is 1. The Balaban J connectivity index is 2.68. The standard InChI is InChI=1S/C11H15NO2S/c1-12(2)9-5-3-8(4-6-9)7-10(15)11(13)14/h3-6,10,15H,7H2,1-2H3,(H,13,14). The van der Waals surface area contributed by atoms with Gasteiger partial charge in [-0.1, -0.05) is 12.1 Å². The van der Waals surface area contributed by atoms with Crippen molar-refractivity contribution in [2.24, 2.45) is 0 Å². The number of hydrogen-bond acceptors (Lipinski definition) is 3. The monoisotopic (exact) mass is 225 g/mol. The molecule has 0 saturated heterocycles. The quantitative estimate of drug-likeness (QED) is 0.766. The predicted octanol–water partition coefficient (Wildman–Crippen LogP) is 1.68. The number of carbonyl (C=O) groups is 1. The second kappa shape index (κ2) is 5.07. The van der Waals surface area contributed by atoms with Gasteiger partial charge in [0.15, 0.2) is 0 Å². The minimum atomic E-state index is -0.880. The van der Waals surface area contributed by atoms with E-state index in [0.717, 1.165) is 11.3 Å². The summed E-state index contributed by atoms with van der Waals surface area (Å²) in [4.78, 5) is 12.6. The third-order valence-corrected chi connectivity index (χ3v) is 2.57. The molecule has 0 bridgehead atoms. The highest BCUT2D eigenvalue weighted by molar-refractivity contribution is 7.81. The molecule has 15 heavy (non-hydrogen) atoms. The van der Waals surface area contributed by atoms with Crippen LogP contribution in [0.5, 0.6) is 0 Å².